The van der Waals surface area contributed by atoms with Crippen LogP contribution in [0.5, 0.6) is 5.75 Å². The maximum absolute atomic E-state index is 9.41. The molecule has 2 heteroatoms. The summed E-state index contributed by atoms with van der Waals surface area (Å²) in [7, 11) is 0. The summed E-state index contributed by atoms with van der Waals surface area (Å²) in [5, 5.41) is 9.41. The second-order valence-electron chi connectivity index (χ2n) is 4.86. The Labute approximate surface area is 115 Å². The van der Waals surface area contributed by atoms with E-state index in [0.717, 1.165) is 18.7 Å². The van der Waals surface area contributed by atoms with Crippen LogP contribution in [0.15, 0.2) is 48.5 Å². The number of nitrogens with zero attached hydrogens (tertiary/aromatic N) is 1. The monoisotopic (exact) mass is 255 g/mol. The lowest BCUT2D eigenvalue weighted by Gasteiger charge is -2.25. The number of rotatable bonds is 5. The van der Waals surface area contributed by atoms with Crippen LogP contribution >= 0.6 is 0 Å². The molecule has 2 rings (SSSR count). The molecule has 0 atom stereocenters. The number of aromatic hydroxyl groups is 1. The first-order valence-corrected chi connectivity index (χ1v) is 6.84. The van der Waals surface area contributed by atoms with Gasteiger partial charge in [0.25, 0.3) is 0 Å². The van der Waals surface area contributed by atoms with Gasteiger partial charge in [-0.3, -0.25) is 0 Å². The van der Waals surface area contributed by atoms with Crippen LogP contribution in [-0.4, -0.2) is 11.7 Å². The Balaban J connectivity index is 2.32. The molecule has 0 amide bonds. The minimum absolute atomic E-state index is 0.309. The normalized spacial score (nSPS) is 10.4. The predicted molar refractivity (Wildman–Crippen MR) is 81.2 cm³/mol. The number of hydrogen-bond acceptors (Lipinski definition) is 2. The van der Waals surface area contributed by atoms with E-state index in [1.807, 2.05) is 12.1 Å². The van der Waals surface area contributed by atoms with E-state index in [4.69, 9.17) is 0 Å². The van der Waals surface area contributed by atoms with Crippen LogP contribution in [0.3, 0.4) is 0 Å². The molecular formula is C17H21NO. The van der Waals surface area contributed by atoms with Gasteiger partial charge in [0.1, 0.15) is 5.75 Å². The Hall–Kier alpha value is -1.96. The standard InChI is InChI=1S/C17H21NO/c1-3-4-12-18(15-8-10-17(19)11-9-15)16-7-5-6-14(2)13-16/h5-11,13,19H,3-4,12H2,1-2H3. The number of phenols is 1. The van der Waals surface area contributed by atoms with Crippen LogP contribution in [0.4, 0.5) is 11.4 Å². The molecule has 0 aliphatic rings. The average molecular weight is 255 g/mol. The van der Waals surface area contributed by atoms with Gasteiger partial charge in [0.2, 0.25) is 0 Å². The van der Waals surface area contributed by atoms with Gasteiger partial charge in [-0.15, -0.1) is 0 Å². The van der Waals surface area contributed by atoms with Gasteiger partial charge in [0.15, 0.2) is 0 Å². The highest BCUT2D eigenvalue weighted by atomic mass is 16.3. The molecule has 0 unspecified atom stereocenters. The molecule has 0 bridgehead atoms. The second kappa shape index (κ2) is 6.28. The highest BCUT2D eigenvalue weighted by Crippen LogP contribution is 2.27. The lowest BCUT2D eigenvalue weighted by atomic mass is 10.1. The van der Waals surface area contributed by atoms with Crippen molar-refractivity contribution in [2.45, 2.75) is 26.7 Å². The van der Waals surface area contributed by atoms with Crippen LogP contribution < -0.4 is 4.90 Å². The molecule has 0 aliphatic heterocycles. The molecule has 2 aromatic carbocycles. The van der Waals surface area contributed by atoms with Crippen molar-refractivity contribution in [1.29, 1.82) is 0 Å². The molecule has 100 valence electrons. The van der Waals surface area contributed by atoms with Gasteiger partial charge in [-0.1, -0.05) is 25.5 Å². The van der Waals surface area contributed by atoms with Crippen molar-refractivity contribution in [1.82, 2.24) is 0 Å². The van der Waals surface area contributed by atoms with Crippen LogP contribution in [0, 0.1) is 6.92 Å². The summed E-state index contributed by atoms with van der Waals surface area (Å²) in [5.74, 6) is 0.309. The van der Waals surface area contributed by atoms with Crippen molar-refractivity contribution in [2.24, 2.45) is 0 Å². The van der Waals surface area contributed by atoms with Crippen molar-refractivity contribution in [3.05, 3.63) is 54.1 Å². The number of unbranched alkanes of at least 4 members (excludes halogenated alkanes) is 1. The molecule has 0 spiro atoms. The van der Waals surface area contributed by atoms with Crippen LogP contribution in [0.1, 0.15) is 25.3 Å². The molecule has 0 radical (unpaired) electrons. The largest absolute Gasteiger partial charge is 0.508 e. The molecule has 2 aromatic rings. The van der Waals surface area contributed by atoms with E-state index in [1.165, 1.54) is 17.7 Å². The fourth-order valence-corrected chi connectivity index (χ4v) is 2.15. The molecule has 0 fully saturated rings. The van der Waals surface area contributed by atoms with Gasteiger partial charge < -0.3 is 10.0 Å². The number of phenolic OH excluding ortho intramolecular Hbond substituents is 1. The lowest BCUT2D eigenvalue weighted by molar-refractivity contribution is 0.475. The summed E-state index contributed by atoms with van der Waals surface area (Å²) >= 11 is 0. The molecule has 0 saturated carbocycles. The fourth-order valence-electron chi connectivity index (χ4n) is 2.15. The van der Waals surface area contributed by atoms with Gasteiger partial charge in [-0.05, 0) is 55.3 Å². The third-order valence-electron chi connectivity index (χ3n) is 3.21. The molecular weight excluding hydrogens is 234 g/mol. The van der Waals surface area contributed by atoms with Crippen molar-refractivity contribution in [3.63, 3.8) is 0 Å². The summed E-state index contributed by atoms with van der Waals surface area (Å²) in [6.45, 7) is 5.30. The van der Waals surface area contributed by atoms with Crippen molar-refractivity contribution < 1.29 is 5.11 Å². The third-order valence-corrected chi connectivity index (χ3v) is 3.21. The van der Waals surface area contributed by atoms with E-state index >= 15 is 0 Å². The van der Waals surface area contributed by atoms with Crippen LogP contribution in [0.2, 0.25) is 0 Å². The molecule has 2 nitrogen and oxygen atoms in total. The summed E-state index contributed by atoms with van der Waals surface area (Å²) in [6, 6.07) is 15.9. The third kappa shape index (κ3) is 3.50. The van der Waals surface area contributed by atoms with E-state index in [2.05, 4.69) is 43.0 Å². The Morgan fingerprint density at radius 1 is 1.00 bits per heavy atom. The van der Waals surface area contributed by atoms with Crippen LogP contribution in [0.25, 0.3) is 0 Å². The van der Waals surface area contributed by atoms with Gasteiger partial charge in [-0.25, -0.2) is 0 Å². The summed E-state index contributed by atoms with van der Waals surface area (Å²) in [5.41, 5.74) is 3.59. The predicted octanol–water partition coefficient (Wildman–Crippen LogP) is 4.64. The van der Waals surface area contributed by atoms with E-state index in [9.17, 15) is 5.11 Å². The van der Waals surface area contributed by atoms with E-state index in [0.29, 0.717) is 5.75 Å². The quantitative estimate of drug-likeness (QED) is 0.841. The molecule has 0 heterocycles. The first kappa shape index (κ1) is 13.5. The van der Waals surface area contributed by atoms with Gasteiger partial charge in [0, 0.05) is 17.9 Å². The first-order chi connectivity index (χ1) is 9.20. The fraction of sp³-hybridized carbons (Fsp3) is 0.294. The smallest absolute Gasteiger partial charge is 0.115 e. The van der Waals surface area contributed by atoms with Gasteiger partial charge in [0.05, 0.1) is 0 Å². The van der Waals surface area contributed by atoms with E-state index in [1.54, 1.807) is 12.1 Å². The number of benzene rings is 2. The zero-order valence-corrected chi connectivity index (χ0v) is 11.6. The number of hydrogen-bond donors (Lipinski definition) is 1. The molecule has 1 N–H and O–H groups in total. The Kier molecular flexibility index (Phi) is 4.45. The topological polar surface area (TPSA) is 23.5 Å². The number of anilines is 2. The zero-order chi connectivity index (χ0) is 13.7. The number of aryl methyl sites for hydroxylation is 1. The summed E-state index contributed by atoms with van der Waals surface area (Å²) < 4.78 is 0. The van der Waals surface area contributed by atoms with Crippen LogP contribution in [-0.2, 0) is 0 Å². The maximum Gasteiger partial charge on any atom is 0.115 e. The van der Waals surface area contributed by atoms with E-state index in [-0.39, 0.29) is 0 Å². The molecule has 0 saturated heterocycles. The Morgan fingerprint density at radius 2 is 1.74 bits per heavy atom. The minimum atomic E-state index is 0.309. The first-order valence-electron chi connectivity index (χ1n) is 6.84. The Morgan fingerprint density at radius 3 is 2.37 bits per heavy atom. The average Bonchev–Trinajstić information content (AvgIpc) is 2.41. The van der Waals surface area contributed by atoms with Gasteiger partial charge in [-0.2, -0.15) is 0 Å². The molecule has 0 aliphatic carbocycles. The zero-order valence-electron chi connectivity index (χ0n) is 11.6. The SMILES string of the molecule is CCCCN(c1ccc(O)cc1)c1cccc(C)c1. The van der Waals surface area contributed by atoms with Crippen molar-refractivity contribution in [2.75, 3.05) is 11.4 Å². The minimum Gasteiger partial charge on any atom is -0.508 e. The van der Waals surface area contributed by atoms with E-state index < -0.39 is 0 Å². The lowest BCUT2D eigenvalue weighted by Crippen LogP contribution is -2.18. The highest BCUT2D eigenvalue weighted by Gasteiger charge is 2.08. The molecule has 0 aromatic heterocycles. The van der Waals surface area contributed by atoms with Crippen molar-refractivity contribution in [3.8, 4) is 5.75 Å². The second-order valence-corrected chi connectivity index (χ2v) is 4.86. The molecule has 19 heavy (non-hydrogen) atoms. The highest BCUT2D eigenvalue weighted by molar-refractivity contribution is 5.64. The maximum atomic E-state index is 9.41. The van der Waals surface area contributed by atoms with Gasteiger partial charge >= 0.3 is 0 Å². The summed E-state index contributed by atoms with van der Waals surface area (Å²) in [4.78, 5) is 2.30. The Bertz CT molecular complexity index is 519. The van der Waals surface area contributed by atoms with Crippen molar-refractivity contribution >= 4 is 11.4 Å². The summed E-state index contributed by atoms with van der Waals surface area (Å²) in [6.07, 6.45) is 2.31.